The zero-order valence-corrected chi connectivity index (χ0v) is 20.0. The fourth-order valence-electron chi connectivity index (χ4n) is 4.28. The molecule has 0 spiro atoms. The third-order valence-electron chi connectivity index (χ3n) is 5.68. The fraction of sp³-hybridized carbons (Fsp3) is 0.682. The minimum Gasteiger partial charge on any atom is -0.381 e. The molecule has 0 radical (unpaired) electrons. The number of halogens is 1. The van der Waals surface area contributed by atoms with E-state index in [1.807, 2.05) is 7.05 Å². The summed E-state index contributed by atoms with van der Waals surface area (Å²) in [5.41, 5.74) is 4.06. The average Bonchev–Trinajstić information content (AvgIpc) is 3.14. The van der Waals surface area contributed by atoms with E-state index in [2.05, 4.69) is 52.6 Å². The number of nitrogens with zero attached hydrogens (tertiary/aromatic N) is 2. The van der Waals surface area contributed by atoms with Crippen molar-refractivity contribution in [3.8, 4) is 0 Å². The summed E-state index contributed by atoms with van der Waals surface area (Å²) in [4.78, 5) is 7.02. The zero-order chi connectivity index (χ0) is 19.1. The molecule has 1 unspecified atom stereocenters. The minimum atomic E-state index is 0. The number of likely N-dealkylation sites (tertiary alicyclic amines) is 1. The summed E-state index contributed by atoms with van der Waals surface area (Å²) in [7, 11) is 1.86. The molecule has 2 aliphatic rings. The number of benzene rings is 1. The second-order valence-electron chi connectivity index (χ2n) is 8.19. The molecule has 3 rings (SSSR count). The number of aryl methyl sites for hydroxylation is 2. The van der Waals surface area contributed by atoms with Crippen molar-refractivity contribution in [3.05, 3.63) is 34.9 Å². The molecule has 2 fully saturated rings. The van der Waals surface area contributed by atoms with Crippen molar-refractivity contribution >= 4 is 29.9 Å². The monoisotopic (exact) mass is 500 g/mol. The summed E-state index contributed by atoms with van der Waals surface area (Å²) < 4.78 is 5.51. The lowest BCUT2D eigenvalue weighted by Gasteiger charge is -2.34. The second kappa shape index (κ2) is 12.0. The number of ether oxygens (including phenoxy) is 1. The van der Waals surface area contributed by atoms with Crippen LogP contribution >= 0.6 is 24.0 Å². The zero-order valence-electron chi connectivity index (χ0n) is 17.7. The summed E-state index contributed by atoms with van der Waals surface area (Å²) in [5.74, 6) is 1.68. The van der Waals surface area contributed by atoms with E-state index in [4.69, 9.17) is 4.74 Å². The van der Waals surface area contributed by atoms with E-state index in [1.165, 1.54) is 55.6 Å². The van der Waals surface area contributed by atoms with Gasteiger partial charge >= 0.3 is 0 Å². The first kappa shape index (κ1) is 23.4. The Bertz CT molecular complexity index is 603. The molecule has 0 saturated carbocycles. The van der Waals surface area contributed by atoms with Gasteiger partial charge in [-0.05, 0) is 51.0 Å². The Morgan fingerprint density at radius 3 is 2.46 bits per heavy atom. The number of aliphatic imine (C=N–C) groups is 1. The molecule has 2 N–H and O–H groups in total. The maximum absolute atomic E-state index is 5.51. The molecule has 0 aromatic heterocycles. The maximum atomic E-state index is 5.51. The molecule has 5 nitrogen and oxygen atoms in total. The molecule has 1 aromatic carbocycles. The molecule has 2 saturated heterocycles. The van der Waals surface area contributed by atoms with Crippen molar-refractivity contribution in [2.45, 2.75) is 45.6 Å². The Kier molecular flexibility index (Phi) is 10.0. The number of hydrogen-bond acceptors (Lipinski definition) is 3. The van der Waals surface area contributed by atoms with Crippen molar-refractivity contribution in [3.63, 3.8) is 0 Å². The molecule has 0 bridgehead atoms. The third-order valence-corrected chi connectivity index (χ3v) is 5.68. The molecule has 2 heterocycles. The van der Waals surface area contributed by atoms with Crippen molar-refractivity contribution < 1.29 is 4.74 Å². The largest absolute Gasteiger partial charge is 0.381 e. The molecule has 1 aromatic rings. The van der Waals surface area contributed by atoms with Crippen LogP contribution in [0.25, 0.3) is 0 Å². The van der Waals surface area contributed by atoms with Crippen LogP contribution in [0.1, 0.15) is 36.0 Å². The summed E-state index contributed by atoms with van der Waals surface area (Å²) in [5, 5.41) is 7.10. The first-order chi connectivity index (χ1) is 13.1. The van der Waals surface area contributed by atoms with Crippen molar-refractivity contribution in [2.75, 3.05) is 46.4 Å². The van der Waals surface area contributed by atoms with Gasteiger partial charge in [-0.3, -0.25) is 4.99 Å². The van der Waals surface area contributed by atoms with Crippen LogP contribution in [-0.2, 0) is 11.2 Å². The molecule has 2 aliphatic heterocycles. The molecule has 0 aliphatic carbocycles. The molecule has 158 valence electrons. The lowest BCUT2D eigenvalue weighted by molar-refractivity contribution is 0.150. The second-order valence-corrected chi connectivity index (χ2v) is 8.19. The summed E-state index contributed by atoms with van der Waals surface area (Å²) >= 11 is 0. The van der Waals surface area contributed by atoms with E-state index in [1.54, 1.807) is 0 Å². The van der Waals surface area contributed by atoms with E-state index in [0.717, 1.165) is 38.1 Å². The van der Waals surface area contributed by atoms with Crippen LogP contribution in [0, 0.1) is 19.8 Å². The van der Waals surface area contributed by atoms with Crippen LogP contribution in [0.2, 0.25) is 0 Å². The Labute approximate surface area is 187 Å². The van der Waals surface area contributed by atoms with Gasteiger partial charge in [-0.25, -0.2) is 0 Å². The quantitative estimate of drug-likeness (QED) is 0.358. The Balaban J connectivity index is 0.00000280. The predicted molar refractivity (Wildman–Crippen MR) is 128 cm³/mol. The van der Waals surface area contributed by atoms with Crippen LogP contribution < -0.4 is 10.6 Å². The van der Waals surface area contributed by atoms with E-state index in [9.17, 15) is 0 Å². The van der Waals surface area contributed by atoms with Gasteiger partial charge in [0, 0.05) is 45.9 Å². The molecule has 6 heteroatoms. The Morgan fingerprint density at radius 2 is 1.86 bits per heavy atom. The molecular weight excluding hydrogens is 463 g/mol. The van der Waals surface area contributed by atoms with Crippen LogP contribution in [0.4, 0.5) is 0 Å². The first-order valence-corrected chi connectivity index (χ1v) is 10.5. The average molecular weight is 500 g/mol. The number of rotatable bonds is 6. The lowest BCUT2D eigenvalue weighted by atomic mass is 10.0. The maximum Gasteiger partial charge on any atom is 0.191 e. The molecule has 28 heavy (non-hydrogen) atoms. The summed E-state index contributed by atoms with van der Waals surface area (Å²) in [6.45, 7) is 10.7. The van der Waals surface area contributed by atoms with Gasteiger partial charge in [0.25, 0.3) is 0 Å². The van der Waals surface area contributed by atoms with Crippen molar-refractivity contribution in [1.82, 2.24) is 15.5 Å². The van der Waals surface area contributed by atoms with Gasteiger partial charge in [-0.2, -0.15) is 0 Å². The van der Waals surface area contributed by atoms with Gasteiger partial charge < -0.3 is 20.3 Å². The normalized spacial score (nSPS) is 21.4. The van der Waals surface area contributed by atoms with Crippen molar-refractivity contribution in [2.24, 2.45) is 10.9 Å². The lowest BCUT2D eigenvalue weighted by Crippen LogP contribution is -2.49. The van der Waals surface area contributed by atoms with Gasteiger partial charge in [-0.15, -0.1) is 24.0 Å². The predicted octanol–water partition coefficient (Wildman–Crippen LogP) is 3.13. The van der Waals surface area contributed by atoms with Gasteiger partial charge in [0.05, 0.1) is 6.61 Å². The molecule has 1 atom stereocenters. The van der Waals surface area contributed by atoms with Crippen LogP contribution in [0.5, 0.6) is 0 Å². The van der Waals surface area contributed by atoms with E-state index >= 15 is 0 Å². The number of hydrogen-bond donors (Lipinski definition) is 2. The third kappa shape index (κ3) is 7.52. The highest BCUT2D eigenvalue weighted by Crippen LogP contribution is 2.17. The number of nitrogens with one attached hydrogen (secondary N) is 2. The van der Waals surface area contributed by atoms with Crippen molar-refractivity contribution in [1.29, 1.82) is 0 Å². The fourth-order valence-corrected chi connectivity index (χ4v) is 4.28. The SMILES string of the molecule is CN=C(NCCc1cc(C)cc(C)c1)NC1CCN(CC2CCOC2)CC1.I. The highest BCUT2D eigenvalue weighted by Gasteiger charge is 2.24. The number of guanidine groups is 1. The number of piperidine rings is 1. The van der Waals surface area contributed by atoms with Gasteiger partial charge in [-0.1, -0.05) is 29.3 Å². The molecule has 0 amide bonds. The van der Waals surface area contributed by atoms with Gasteiger partial charge in [0.1, 0.15) is 0 Å². The van der Waals surface area contributed by atoms with Crippen LogP contribution in [0.15, 0.2) is 23.2 Å². The van der Waals surface area contributed by atoms with Crippen LogP contribution in [-0.4, -0.2) is 63.3 Å². The summed E-state index contributed by atoms with van der Waals surface area (Å²) in [6, 6.07) is 7.30. The van der Waals surface area contributed by atoms with E-state index in [0.29, 0.717) is 6.04 Å². The van der Waals surface area contributed by atoms with E-state index in [-0.39, 0.29) is 24.0 Å². The standard InChI is InChI=1S/C22H36N4O.HI/c1-17-12-18(2)14-19(13-17)4-8-24-22(23-3)25-21-5-9-26(10-6-21)15-20-7-11-27-16-20;/h12-14,20-21H,4-11,15-16H2,1-3H3,(H2,23,24,25);1H. The Morgan fingerprint density at radius 1 is 1.14 bits per heavy atom. The van der Waals surface area contributed by atoms with E-state index < -0.39 is 0 Å². The van der Waals surface area contributed by atoms with Crippen LogP contribution in [0.3, 0.4) is 0 Å². The molecular formula is C22H37IN4O. The topological polar surface area (TPSA) is 48.9 Å². The van der Waals surface area contributed by atoms with Gasteiger partial charge in [0.2, 0.25) is 0 Å². The smallest absolute Gasteiger partial charge is 0.191 e. The highest BCUT2D eigenvalue weighted by atomic mass is 127. The highest BCUT2D eigenvalue weighted by molar-refractivity contribution is 14.0. The first-order valence-electron chi connectivity index (χ1n) is 10.5. The minimum absolute atomic E-state index is 0. The Hall–Kier alpha value is -0.860. The summed E-state index contributed by atoms with van der Waals surface area (Å²) in [6.07, 6.45) is 4.62. The van der Waals surface area contributed by atoms with Gasteiger partial charge in [0.15, 0.2) is 5.96 Å².